The summed E-state index contributed by atoms with van der Waals surface area (Å²) < 4.78 is 28.9. The second kappa shape index (κ2) is 12.1. The number of halogens is 1. The zero-order chi connectivity index (χ0) is 30.8. The molecule has 2 N–H and O–H groups in total. The number of rotatable bonds is 2. The van der Waals surface area contributed by atoms with Gasteiger partial charge in [-0.3, -0.25) is 9.59 Å². The van der Waals surface area contributed by atoms with Crippen molar-refractivity contribution in [2.75, 3.05) is 24.6 Å². The van der Waals surface area contributed by atoms with Gasteiger partial charge in [-0.15, -0.1) is 0 Å². The monoisotopic (exact) mass is 605 g/mol. The lowest BCUT2D eigenvalue weighted by Gasteiger charge is -2.21. The van der Waals surface area contributed by atoms with Crippen molar-refractivity contribution in [3.8, 4) is 28.3 Å². The molecule has 4 heterocycles. The Hall–Kier alpha value is -5.78. The molecule has 3 aliphatic rings. The Morgan fingerprint density at radius 3 is 2.51 bits per heavy atom. The van der Waals surface area contributed by atoms with Gasteiger partial charge in [-0.05, 0) is 75.6 Å². The number of hydrogen-bond donors (Lipinski definition) is 2. The second-order valence-electron chi connectivity index (χ2n) is 10.8. The van der Waals surface area contributed by atoms with E-state index >= 15 is 4.39 Å². The van der Waals surface area contributed by atoms with Gasteiger partial charge in [0.2, 0.25) is 0 Å². The van der Waals surface area contributed by atoms with Crippen molar-refractivity contribution in [3.63, 3.8) is 0 Å². The van der Waals surface area contributed by atoms with E-state index in [-0.39, 0.29) is 18.1 Å². The molecule has 5 aromatic rings. The van der Waals surface area contributed by atoms with Gasteiger partial charge in [0.05, 0.1) is 23.8 Å². The van der Waals surface area contributed by atoms with Crippen LogP contribution in [0.5, 0.6) is 11.5 Å². The maximum Gasteiger partial charge on any atom is 0.258 e. The molecule has 0 unspecified atom stereocenters. The van der Waals surface area contributed by atoms with Crippen molar-refractivity contribution >= 4 is 17.8 Å². The van der Waals surface area contributed by atoms with Crippen molar-refractivity contribution in [2.24, 2.45) is 0 Å². The predicted octanol–water partition coefficient (Wildman–Crippen LogP) is 3.54. The SMILES string of the molecule is O=C1COc2cccc(c2)-c2ccc(F)c(c2)C(=O)N[C@H]2CN(c3nnnn3-c3ccccc3)C[C@@H]2Oc2ccc(cc2)CN1. The van der Waals surface area contributed by atoms with Gasteiger partial charge in [-0.1, -0.05) is 53.6 Å². The number of aromatic nitrogens is 4. The molecular formula is C33H28FN7O4. The number of amides is 2. The summed E-state index contributed by atoms with van der Waals surface area (Å²) in [5.74, 6) is 0.0227. The minimum absolute atomic E-state index is 0.108. The van der Waals surface area contributed by atoms with Crippen LogP contribution in [-0.2, 0) is 11.3 Å². The predicted molar refractivity (Wildman–Crippen MR) is 163 cm³/mol. The number of anilines is 1. The van der Waals surface area contributed by atoms with Crippen LogP contribution in [-0.4, -0.2) is 63.9 Å². The van der Waals surface area contributed by atoms with Crippen molar-refractivity contribution in [1.82, 2.24) is 30.8 Å². The van der Waals surface area contributed by atoms with Crippen LogP contribution in [0.3, 0.4) is 0 Å². The van der Waals surface area contributed by atoms with Crippen LogP contribution in [0.15, 0.2) is 97.1 Å². The van der Waals surface area contributed by atoms with Crippen molar-refractivity contribution < 1.29 is 23.5 Å². The maximum absolute atomic E-state index is 15.1. The molecule has 11 nitrogen and oxygen atoms in total. The Labute approximate surface area is 257 Å². The molecule has 6 bridgehead atoms. The number of nitrogens with zero attached hydrogens (tertiary/aromatic N) is 5. The lowest BCUT2D eigenvalue weighted by molar-refractivity contribution is -0.123. The molecule has 0 saturated carbocycles. The number of nitrogens with one attached hydrogen (secondary N) is 2. The van der Waals surface area contributed by atoms with E-state index in [9.17, 15) is 9.59 Å². The Balaban J connectivity index is 1.23. The maximum atomic E-state index is 15.1. The molecule has 2 atom stereocenters. The van der Waals surface area contributed by atoms with Crippen LogP contribution in [0.2, 0.25) is 0 Å². The third kappa shape index (κ3) is 6.03. The number of benzene rings is 4. The lowest BCUT2D eigenvalue weighted by Crippen LogP contribution is -2.45. The molecule has 0 aliphatic carbocycles. The van der Waals surface area contributed by atoms with Gasteiger partial charge in [0.1, 0.15) is 23.4 Å². The highest BCUT2D eigenvalue weighted by Crippen LogP contribution is 2.28. The molecular weight excluding hydrogens is 577 g/mol. The average Bonchev–Trinajstić information content (AvgIpc) is 3.71. The second-order valence-corrected chi connectivity index (χ2v) is 10.8. The Morgan fingerprint density at radius 1 is 0.844 bits per heavy atom. The number of hydrogen-bond acceptors (Lipinski definition) is 8. The van der Waals surface area contributed by atoms with E-state index in [1.807, 2.05) is 53.4 Å². The first kappa shape index (κ1) is 28.0. The first-order valence-electron chi connectivity index (χ1n) is 14.4. The first-order chi connectivity index (χ1) is 22.0. The molecule has 0 spiro atoms. The minimum Gasteiger partial charge on any atom is -0.486 e. The van der Waals surface area contributed by atoms with Crippen LogP contribution in [0, 0.1) is 5.82 Å². The first-order valence-corrected chi connectivity index (χ1v) is 14.4. The summed E-state index contributed by atoms with van der Waals surface area (Å²) in [7, 11) is 0. The van der Waals surface area contributed by atoms with Crippen LogP contribution in [0.4, 0.5) is 10.3 Å². The summed E-state index contributed by atoms with van der Waals surface area (Å²) in [5.41, 5.74) is 2.87. The number of ether oxygens (including phenoxy) is 2. The van der Waals surface area contributed by atoms with Gasteiger partial charge >= 0.3 is 0 Å². The van der Waals surface area contributed by atoms with Gasteiger partial charge in [0, 0.05) is 13.1 Å². The summed E-state index contributed by atoms with van der Waals surface area (Å²) in [6.45, 7) is 0.813. The molecule has 2 amide bonds. The lowest BCUT2D eigenvalue weighted by atomic mass is 10.0. The molecule has 1 fully saturated rings. The van der Waals surface area contributed by atoms with E-state index in [2.05, 4.69) is 26.2 Å². The van der Waals surface area contributed by atoms with Crippen LogP contribution in [0.1, 0.15) is 15.9 Å². The zero-order valence-electron chi connectivity index (χ0n) is 24.0. The molecule has 12 heteroatoms. The number of tetrazole rings is 1. The fourth-order valence-electron chi connectivity index (χ4n) is 5.46. The molecule has 1 aromatic heterocycles. The van der Waals surface area contributed by atoms with Crippen molar-refractivity contribution in [2.45, 2.75) is 18.7 Å². The van der Waals surface area contributed by atoms with Crippen molar-refractivity contribution in [3.05, 3.63) is 114 Å². The minimum atomic E-state index is -0.654. The summed E-state index contributed by atoms with van der Waals surface area (Å²) in [5, 5.41) is 18.2. The van der Waals surface area contributed by atoms with Gasteiger partial charge in [-0.25, -0.2) is 4.39 Å². The highest BCUT2D eigenvalue weighted by molar-refractivity contribution is 5.96. The Kier molecular flexibility index (Phi) is 7.52. The van der Waals surface area contributed by atoms with Crippen molar-refractivity contribution in [1.29, 1.82) is 0 Å². The van der Waals surface area contributed by atoms with E-state index in [1.165, 1.54) is 12.1 Å². The molecule has 3 aliphatic heterocycles. The fraction of sp³-hybridized carbons (Fsp3) is 0.182. The number of carbonyl (C=O) groups is 2. The van der Waals surface area contributed by atoms with Gasteiger partial charge < -0.3 is 25.0 Å². The molecule has 226 valence electrons. The summed E-state index contributed by atoms with van der Waals surface area (Å²) in [6, 6.07) is 27.7. The van der Waals surface area contributed by atoms with E-state index < -0.39 is 23.9 Å². The molecule has 0 radical (unpaired) electrons. The summed E-state index contributed by atoms with van der Waals surface area (Å²) in [6.07, 6.45) is -0.522. The zero-order valence-corrected chi connectivity index (χ0v) is 24.0. The standard InChI is InChI=1S/C33H28FN7O4/c34-28-14-11-23-16-27(28)32(43)36-29-18-40(33-37-38-39-41(33)24-6-2-1-3-7-24)19-30(29)45-25-12-9-21(10-13-25)17-35-31(42)20-44-26-8-4-5-22(23)15-26/h1-16,29-30H,17-20H2,(H,35,42)(H,36,43)/t29-,30-/m0/s1. The number of fused-ring (bicyclic) bond motifs is 7. The van der Waals surface area contributed by atoms with E-state index in [0.717, 1.165) is 11.3 Å². The van der Waals surface area contributed by atoms with Gasteiger partial charge in [-0.2, -0.15) is 4.68 Å². The van der Waals surface area contributed by atoms with Crippen LogP contribution in [0.25, 0.3) is 16.8 Å². The largest absolute Gasteiger partial charge is 0.486 e. The van der Waals surface area contributed by atoms with E-state index in [0.29, 0.717) is 48.2 Å². The molecule has 4 aromatic carbocycles. The summed E-state index contributed by atoms with van der Waals surface area (Å²) >= 11 is 0. The highest BCUT2D eigenvalue weighted by Gasteiger charge is 2.38. The topological polar surface area (TPSA) is 124 Å². The van der Waals surface area contributed by atoms with E-state index in [1.54, 1.807) is 41.1 Å². The number of carbonyl (C=O) groups excluding carboxylic acids is 2. The highest BCUT2D eigenvalue weighted by atomic mass is 19.1. The molecule has 1 saturated heterocycles. The summed E-state index contributed by atoms with van der Waals surface area (Å²) in [4.78, 5) is 28.1. The third-order valence-corrected chi connectivity index (χ3v) is 7.77. The van der Waals surface area contributed by atoms with Crippen LogP contribution < -0.4 is 25.0 Å². The quantitative estimate of drug-likeness (QED) is 0.313. The third-order valence-electron chi connectivity index (χ3n) is 7.77. The van der Waals surface area contributed by atoms with E-state index in [4.69, 9.17) is 9.47 Å². The smallest absolute Gasteiger partial charge is 0.258 e. The number of para-hydroxylation sites is 1. The normalized spacial score (nSPS) is 18.3. The fourth-order valence-corrected chi connectivity index (χ4v) is 5.46. The average molecular weight is 606 g/mol. The Bertz CT molecular complexity index is 1850. The molecule has 45 heavy (non-hydrogen) atoms. The Morgan fingerprint density at radius 2 is 1.67 bits per heavy atom. The van der Waals surface area contributed by atoms with Gasteiger partial charge in [0.25, 0.3) is 17.8 Å². The molecule has 8 rings (SSSR count). The van der Waals surface area contributed by atoms with Crippen LogP contribution >= 0.6 is 0 Å². The van der Waals surface area contributed by atoms with Gasteiger partial charge in [0.15, 0.2) is 6.61 Å².